The van der Waals surface area contributed by atoms with Gasteiger partial charge in [-0.2, -0.15) is 4.31 Å². The van der Waals surface area contributed by atoms with Gasteiger partial charge in [-0.1, -0.05) is 19.3 Å². The standard InChI is InChI=1S/C20H25N3O3S/c1-15-8-9-16(14-21-15)20(24)22-17-10-12-19(13-11-17)27(25,26)23(2)18-6-4-3-5-7-18/h8-14,18H,3-7H2,1-2H3,(H,22,24). The molecule has 0 saturated heterocycles. The van der Waals surface area contributed by atoms with Crippen LogP contribution in [0.25, 0.3) is 0 Å². The van der Waals surface area contributed by atoms with Crippen LogP contribution < -0.4 is 5.32 Å². The molecule has 0 aliphatic heterocycles. The molecule has 0 unspecified atom stereocenters. The number of anilines is 1. The number of hydrogen-bond acceptors (Lipinski definition) is 4. The van der Waals surface area contributed by atoms with E-state index in [0.717, 1.165) is 31.4 Å². The summed E-state index contributed by atoms with van der Waals surface area (Å²) in [4.78, 5) is 16.6. The molecule has 6 nitrogen and oxygen atoms in total. The quantitative estimate of drug-likeness (QED) is 0.850. The van der Waals surface area contributed by atoms with E-state index in [9.17, 15) is 13.2 Å². The molecule has 3 rings (SSSR count). The first kappa shape index (κ1) is 19.5. The highest BCUT2D eigenvalue weighted by atomic mass is 32.2. The van der Waals surface area contributed by atoms with Gasteiger partial charge < -0.3 is 5.32 Å². The predicted octanol–water partition coefficient (Wildman–Crippen LogP) is 3.60. The van der Waals surface area contributed by atoms with Gasteiger partial charge in [0.2, 0.25) is 10.0 Å². The molecule has 1 aliphatic rings. The van der Waals surface area contributed by atoms with Gasteiger partial charge >= 0.3 is 0 Å². The van der Waals surface area contributed by atoms with Gasteiger partial charge in [-0.3, -0.25) is 9.78 Å². The van der Waals surface area contributed by atoms with Crippen LogP contribution in [0.1, 0.15) is 48.2 Å². The third-order valence-electron chi connectivity index (χ3n) is 5.05. The zero-order chi connectivity index (χ0) is 19.4. The molecule has 1 heterocycles. The van der Waals surface area contributed by atoms with E-state index in [0.29, 0.717) is 11.3 Å². The third kappa shape index (κ3) is 4.54. The number of pyridine rings is 1. The Morgan fingerprint density at radius 2 is 1.74 bits per heavy atom. The maximum absolute atomic E-state index is 12.8. The average molecular weight is 388 g/mol. The van der Waals surface area contributed by atoms with Crippen molar-refractivity contribution >= 4 is 21.6 Å². The van der Waals surface area contributed by atoms with Crippen molar-refractivity contribution in [1.29, 1.82) is 0 Å². The molecule has 1 fully saturated rings. The van der Waals surface area contributed by atoms with Crippen molar-refractivity contribution in [3.05, 3.63) is 53.9 Å². The fraction of sp³-hybridized carbons (Fsp3) is 0.400. The third-order valence-corrected chi connectivity index (χ3v) is 6.98. The Morgan fingerprint density at radius 3 is 2.33 bits per heavy atom. The molecule has 1 N–H and O–H groups in total. The number of sulfonamides is 1. The molecular weight excluding hydrogens is 362 g/mol. The molecule has 0 radical (unpaired) electrons. The lowest BCUT2D eigenvalue weighted by atomic mass is 9.96. The van der Waals surface area contributed by atoms with Crippen LogP contribution in [0.15, 0.2) is 47.5 Å². The summed E-state index contributed by atoms with van der Waals surface area (Å²) in [6.07, 6.45) is 6.66. The topological polar surface area (TPSA) is 79.4 Å². The second-order valence-electron chi connectivity index (χ2n) is 6.98. The first-order valence-electron chi connectivity index (χ1n) is 9.20. The van der Waals surface area contributed by atoms with Gasteiger partial charge in [-0.25, -0.2) is 8.42 Å². The van der Waals surface area contributed by atoms with E-state index in [-0.39, 0.29) is 16.8 Å². The lowest BCUT2D eigenvalue weighted by Crippen LogP contribution is -2.38. The number of carbonyl (C=O) groups is 1. The van der Waals surface area contributed by atoms with Crippen molar-refractivity contribution < 1.29 is 13.2 Å². The molecule has 0 spiro atoms. The maximum atomic E-state index is 12.8. The second kappa shape index (κ2) is 8.19. The summed E-state index contributed by atoms with van der Waals surface area (Å²) in [5.41, 5.74) is 1.83. The molecule has 144 valence electrons. The normalized spacial score (nSPS) is 15.7. The summed E-state index contributed by atoms with van der Waals surface area (Å²) >= 11 is 0. The number of hydrogen-bond donors (Lipinski definition) is 1. The van der Waals surface area contributed by atoms with Crippen molar-refractivity contribution in [2.75, 3.05) is 12.4 Å². The fourth-order valence-electron chi connectivity index (χ4n) is 3.32. The molecule has 2 aromatic rings. The Labute approximate surface area is 160 Å². The minimum absolute atomic E-state index is 0.0668. The van der Waals surface area contributed by atoms with E-state index in [1.54, 1.807) is 31.3 Å². The smallest absolute Gasteiger partial charge is 0.257 e. The highest BCUT2D eigenvalue weighted by molar-refractivity contribution is 7.89. The lowest BCUT2D eigenvalue weighted by Gasteiger charge is -2.30. The Balaban J connectivity index is 1.70. The van der Waals surface area contributed by atoms with Crippen LogP contribution >= 0.6 is 0 Å². The van der Waals surface area contributed by atoms with Crippen molar-refractivity contribution in [3.8, 4) is 0 Å². The summed E-state index contributed by atoms with van der Waals surface area (Å²) in [7, 11) is -1.87. The molecule has 1 saturated carbocycles. The lowest BCUT2D eigenvalue weighted by molar-refractivity contribution is 0.102. The van der Waals surface area contributed by atoms with Crippen LogP contribution in [-0.2, 0) is 10.0 Å². The van der Waals surface area contributed by atoms with E-state index in [1.165, 1.54) is 29.1 Å². The largest absolute Gasteiger partial charge is 0.322 e. The minimum atomic E-state index is -3.53. The second-order valence-corrected chi connectivity index (χ2v) is 8.98. The van der Waals surface area contributed by atoms with Gasteiger partial charge in [0.1, 0.15) is 0 Å². The van der Waals surface area contributed by atoms with E-state index in [4.69, 9.17) is 0 Å². The molecule has 1 aliphatic carbocycles. The van der Waals surface area contributed by atoms with Crippen molar-refractivity contribution in [2.45, 2.75) is 50.0 Å². The summed E-state index contributed by atoms with van der Waals surface area (Å²) in [5.74, 6) is -0.280. The number of nitrogens with zero attached hydrogens (tertiary/aromatic N) is 2. The highest BCUT2D eigenvalue weighted by Gasteiger charge is 2.28. The van der Waals surface area contributed by atoms with Gasteiger partial charge in [0.05, 0.1) is 10.5 Å². The monoisotopic (exact) mass is 387 g/mol. The number of nitrogens with one attached hydrogen (secondary N) is 1. The molecule has 1 aromatic heterocycles. The number of aromatic nitrogens is 1. The number of aryl methyl sites for hydroxylation is 1. The van der Waals surface area contributed by atoms with Crippen molar-refractivity contribution in [2.24, 2.45) is 0 Å². The SMILES string of the molecule is Cc1ccc(C(=O)Nc2ccc(S(=O)(=O)N(C)C3CCCCC3)cc2)cn1. The van der Waals surface area contributed by atoms with Crippen LogP contribution in [-0.4, -0.2) is 36.7 Å². The van der Waals surface area contributed by atoms with Crippen molar-refractivity contribution in [3.63, 3.8) is 0 Å². The van der Waals surface area contributed by atoms with Crippen molar-refractivity contribution in [1.82, 2.24) is 9.29 Å². The highest BCUT2D eigenvalue weighted by Crippen LogP contribution is 2.27. The van der Waals surface area contributed by atoms with Crippen LogP contribution in [0.5, 0.6) is 0 Å². The molecular formula is C20H25N3O3S. The van der Waals surface area contributed by atoms with E-state index in [2.05, 4.69) is 10.3 Å². The van der Waals surface area contributed by atoms with Gasteiger partial charge in [0.15, 0.2) is 0 Å². The molecule has 1 aromatic carbocycles. The van der Waals surface area contributed by atoms with Gasteiger partial charge in [0, 0.05) is 30.7 Å². The number of carbonyl (C=O) groups excluding carboxylic acids is 1. The van der Waals surface area contributed by atoms with E-state index in [1.807, 2.05) is 6.92 Å². The zero-order valence-electron chi connectivity index (χ0n) is 15.7. The first-order valence-corrected chi connectivity index (χ1v) is 10.6. The number of amides is 1. The maximum Gasteiger partial charge on any atom is 0.257 e. The van der Waals surface area contributed by atoms with E-state index < -0.39 is 10.0 Å². The Kier molecular flexibility index (Phi) is 5.92. The fourth-order valence-corrected chi connectivity index (χ4v) is 4.74. The molecule has 0 bridgehead atoms. The van der Waals surface area contributed by atoms with Crippen LogP contribution in [0.2, 0.25) is 0 Å². The van der Waals surface area contributed by atoms with Gasteiger partial charge in [-0.05, 0) is 56.2 Å². The molecule has 1 amide bonds. The summed E-state index contributed by atoms with van der Waals surface area (Å²) in [6.45, 7) is 1.85. The van der Waals surface area contributed by atoms with E-state index >= 15 is 0 Å². The Bertz CT molecular complexity index is 887. The van der Waals surface area contributed by atoms with Crippen LogP contribution in [0, 0.1) is 6.92 Å². The summed E-state index contributed by atoms with van der Waals surface area (Å²) in [6, 6.07) is 9.84. The minimum Gasteiger partial charge on any atom is -0.322 e. The van der Waals surface area contributed by atoms with Crippen LogP contribution in [0.4, 0.5) is 5.69 Å². The molecule has 7 heteroatoms. The predicted molar refractivity (Wildman–Crippen MR) is 105 cm³/mol. The molecule has 27 heavy (non-hydrogen) atoms. The Hall–Kier alpha value is -2.25. The number of rotatable bonds is 5. The number of benzene rings is 1. The van der Waals surface area contributed by atoms with Gasteiger partial charge in [0.25, 0.3) is 5.91 Å². The van der Waals surface area contributed by atoms with Gasteiger partial charge in [-0.15, -0.1) is 0 Å². The summed E-state index contributed by atoms with van der Waals surface area (Å²) in [5, 5.41) is 2.76. The average Bonchev–Trinajstić information content (AvgIpc) is 2.69. The molecule has 0 atom stereocenters. The summed E-state index contributed by atoms with van der Waals surface area (Å²) < 4.78 is 27.2. The van der Waals surface area contributed by atoms with Crippen LogP contribution in [0.3, 0.4) is 0 Å². The Morgan fingerprint density at radius 1 is 1.07 bits per heavy atom. The zero-order valence-corrected chi connectivity index (χ0v) is 16.5. The first-order chi connectivity index (χ1) is 12.9.